The number of hydrogen-bond acceptors (Lipinski definition) is 3. The highest BCUT2D eigenvalue weighted by molar-refractivity contribution is 5.89. The van der Waals surface area contributed by atoms with Gasteiger partial charge in [-0.3, -0.25) is 0 Å². The second kappa shape index (κ2) is 9.61. The molecule has 146 valence electrons. The Morgan fingerprint density at radius 1 is 1.15 bits per heavy atom. The normalized spacial score (nSPS) is 26.6. The third-order valence-corrected chi connectivity index (χ3v) is 5.75. The highest BCUT2D eigenvalue weighted by Crippen LogP contribution is 2.49. The van der Waals surface area contributed by atoms with Gasteiger partial charge in [0.05, 0.1) is 32.8 Å². The lowest BCUT2D eigenvalue weighted by Gasteiger charge is -2.31. The summed E-state index contributed by atoms with van der Waals surface area (Å²) in [6.45, 7) is 3.95. The number of hydrogen-bond donors (Lipinski definition) is 1. The standard InChI is InChI=1S/C21H31NO3.ClH/c1-4-5-12-24-18-10-8-15(9-11-18)21(23)25-20-17-7-6-16(13-17)19(20)14-22(2)3;/h8-11,16-17,19-20H,4-7,12-14H2,1-3H3;1H. The molecule has 0 spiro atoms. The van der Waals surface area contributed by atoms with E-state index in [1.807, 2.05) is 24.3 Å². The van der Waals surface area contributed by atoms with Gasteiger partial charge in [0, 0.05) is 5.92 Å². The van der Waals surface area contributed by atoms with Crippen LogP contribution in [0.2, 0.25) is 0 Å². The SMILES string of the molecule is CCCCOc1ccc(C(=O)OC2C3CCC(C3)C2C[NH+](C)C)cc1.[Cl-]. The van der Waals surface area contributed by atoms with Gasteiger partial charge in [0.2, 0.25) is 0 Å². The Morgan fingerprint density at radius 3 is 2.50 bits per heavy atom. The number of quaternary nitrogens is 1. The van der Waals surface area contributed by atoms with E-state index in [-0.39, 0.29) is 24.5 Å². The van der Waals surface area contributed by atoms with Crippen LogP contribution in [-0.2, 0) is 4.74 Å². The highest BCUT2D eigenvalue weighted by Gasteiger charge is 2.50. The Balaban J connectivity index is 0.00000243. The number of carbonyl (C=O) groups excluding carboxylic acids is 1. The lowest BCUT2D eigenvalue weighted by molar-refractivity contribution is -0.863. The summed E-state index contributed by atoms with van der Waals surface area (Å²) < 4.78 is 11.7. The predicted molar refractivity (Wildman–Crippen MR) is 98.0 cm³/mol. The van der Waals surface area contributed by atoms with Crippen LogP contribution in [0.25, 0.3) is 0 Å². The van der Waals surface area contributed by atoms with Gasteiger partial charge in [-0.25, -0.2) is 4.79 Å². The van der Waals surface area contributed by atoms with Crippen LogP contribution in [0.4, 0.5) is 0 Å². The smallest absolute Gasteiger partial charge is 0.338 e. The summed E-state index contributed by atoms with van der Waals surface area (Å²) >= 11 is 0. The Kier molecular flexibility index (Phi) is 7.78. The van der Waals surface area contributed by atoms with Crippen molar-refractivity contribution in [1.29, 1.82) is 0 Å². The quantitative estimate of drug-likeness (QED) is 0.491. The number of ether oxygens (including phenoxy) is 2. The zero-order valence-electron chi connectivity index (χ0n) is 16.2. The van der Waals surface area contributed by atoms with Gasteiger partial charge in [-0.15, -0.1) is 0 Å². The van der Waals surface area contributed by atoms with Crippen LogP contribution >= 0.6 is 0 Å². The first-order valence-electron chi connectivity index (χ1n) is 9.81. The zero-order chi connectivity index (χ0) is 17.8. The van der Waals surface area contributed by atoms with E-state index in [9.17, 15) is 4.79 Å². The molecule has 3 rings (SSSR count). The lowest BCUT2D eigenvalue weighted by atomic mass is 9.86. The van der Waals surface area contributed by atoms with Gasteiger partial charge < -0.3 is 26.8 Å². The van der Waals surface area contributed by atoms with E-state index in [0.29, 0.717) is 17.4 Å². The number of nitrogens with one attached hydrogen (secondary N) is 1. The number of unbranched alkanes of at least 4 members (excludes halogenated alkanes) is 1. The second-order valence-electron chi connectivity index (χ2n) is 8.00. The number of halogens is 1. The molecule has 2 aliphatic carbocycles. The molecule has 0 amide bonds. The molecule has 1 N–H and O–H groups in total. The van der Waals surface area contributed by atoms with Crippen LogP contribution < -0.4 is 22.0 Å². The van der Waals surface area contributed by atoms with Crippen LogP contribution in [0.15, 0.2) is 24.3 Å². The minimum atomic E-state index is -0.184. The molecule has 0 radical (unpaired) electrons. The molecule has 0 heterocycles. The van der Waals surface area contributed by atoms with Crippen LogP contribution in [-0.4, -0.2) is 39.3 Å². The largest absolute Gasteiger partial charge is 1.00 e. The van der Waals surface area contributed by atoms with Gasteiger partial charge in [0.25, 0.3) is 0 Å². The van der Waals surface area contributed by atoms with Crippen molar-refractivity contribution in [2.75, 3.05) is 27.2 Å². The summed E-state index contributed by atoms with van der Waals surface area (Å²) in [4.78, 5) is 14.0. The van der Waals surface area contributed by atoms with Crippen molar-refractivity contribution in [2.45, 2.75) is 45.1 Å². The fourth-order valence-corrected chi connectivity index (χ4v) is 4.51. The van der Waals surface area contributed by atoms with E-state index in [0.717, 1.165) is 37.7 Å². The first-order valence-corrected chi connectivity index (χ1v) is 9.81. The van der Waals surface area contributed by atoms with Crippen molar-refractivity contribution >= 4 is 5.97 Å². The zero-order valence-corrected chi connectivity index (χ0v) is 16.9. The minimum Gasteiger partial charge on any atom is -1.00 e. The van der Waals surface area contributed by atoms with Crippen LogP contribution in [0, 0.1) is 17.8 Å². The van der Waals surface area contributed by atoms with Gasteiger partial charge in [-0.2, -0.15) is 0 Å². The Labute approximate surface area is 163 Å². The molecule has 2 saturated carbocycles. The van der Waals surface area contributed by atoms with E-state index in [1.165, 1.54) is 24.2 Å². The number of fused-ring (bicyclic) bond motifs is 2. The molecule has 4 nitrogen and oxygen atoms in total. The van der Waals surface area contributed by atoms with Crippen molar-refractivity contribution in [1.82, 2.24) is 0 Å². The molecule has 0 aromatic heterocycles. The molecule has 2 aliphatic rings. The second-order valence-corrected chi connectivity index (χ2v) is 8.00. The van der Waals surface area contributed by atoms with Gasteiger partial charge in [-0.1, -0.05) is 13.3 Å². The summed E-state index contributed by atoms with van der Waals surface area (Å²) in [5.74, 6) is 2.46. The van der Waals surface area contributed by atoms with E-state index in [1.54, 1.807) is 0 Å². The summed E-state index contributed by atoms with van der Waals surface area (Å²) in [6.07, 6.45) is 6.02. The summed E-state index contributed by atoms with van der Waals surface area (Å²) in [6, 6.07) is 7.38. The number of rotatable bonds is 8. The molecule has 26 heavy (non-hydrogen) atoms. The van der Waals surface area contributed by atoms with Gasteiger partial charge in [0.15, 0.2) is 0 Å². The van der Waals surface area contributed by atoms with E-state index < -0.39 is 0 Å². The summed E-state index contributed by atoms with van der Waals surface area (Å²) in [5.41, 5.74) is 0.626. The van der Waals surface area contributed by atoms with E-state index in [4.69, 9.17) is 9.47 Å². The van der Waals surface area contributed by atoms with Crippen LogP contribution in [0.5, 0.6) is 5.75 Å². The maximum Gasteiger partial charge on any atom is 0.338 e. The fourth-order valence-electron chi connectivity index (χ4n) is 4.51. The minimum absolute atomic E-state index is 0. The third kappa shape index (κ3) is 4.92. The fraction of sp³-hybridized carbons (Fsp3) is 0.667. The Hall–Kier alpha value is -1.26. The van der Waals surface area contributed by atoms with Crippen molar-refractivity contribution in [3.8, 4) is 5.75 Å². The number of esters is 1. The molecule has 4 unspecified atom stereocenters. The van der Waals surface area contributed by atoms with E-state index >= 15 is 0 Å². The Bertz CT molecular complexity index is 575. The molecule has 2 fully saturated rings. The van der Waals surface area contributed by atoms with Crippen molar-refractivity contribution in [3.05, 3.63) is 29.8 Å². The van der Waals surface area contributed by atoms with Gasteiger partial charge in [-0.05, 0) is 61.8 Å². The first-order chi connectivity index (χ1) is 12.1. The van der Waals surface area contributed by atoms with Gasteiger partial charge in [0.1, 0.15) is 11.9 Å². The average molecular weight is 382 g/mol. The van der Waals surface area contributed by atoms with Crippen molar-refractivity contribution < 1.29 is 31.6 Å². The van der Waals surface area contributed by atoms with E-state index in [2.05, 4.69) is 21.0 Å². The van der Waals surface area contributed by atoms with Crippen molar-refractivity contribution in [2.24, 2.45) is 17.8 Å². The monoisotopic (exact) mass is 381 g/mol. The summed E-state index contributed by atoms with van der Waals surface area (Å²) in [5, 5.41) is 0. The molecule has 4 atom stereocenters. The summed E-state index contributed by atoms with van der Waals surface area (Å²) in [7, 11) is 4.37. The molecule has 2 bridgehead atoms. The molecule has 1 aromatic carbocycles. The predicted octanol–water partition coefficient (Wildman–Crippen LogP) is -0.414. The first kappa shape index (κ1) is 21.0. The van der Waals surface area contributed by atoms with Crippen LogP contribution in [0.3, 0.4) is 0 Å². The maximum absolute atomic E-state index is 12.6. The molecule has 1 aromatic rings. The third-order valence-electron chi connectivity index (χ3n) is 5.75. The molecular weight excluding hydrogens is 350 g/mol. The molecular formula is C21H32ClNO3. The maximum atomic E-state index is 12.6. The molecule has 0 aliphatic heterocycles. The average Bonchev–Trinajstić information content (AvgIpc) is 3.18. The Morgan fingerprint density at radius 2 is 1.85 bits per heavy atom. The number of benzene rings is 1. The van der Waals surface area contributed by atoms with Gasteiger partial charge >= 0.3 is 5.97 Å². The lowest BCUT2D eigenvalue weighted by Crippen LogP contribution is -3.06. The molecule has 5 heteroatoms. The topological polar surface area (TPSA) is 40.0 Å². The van der Waals surface area contributed by atoms with Crippen molar-refractivity contribution in [3.63, 3.8) is 0 Å². The number of carbonyl (C=O) groups is 1. The van der Waals surface area contributed by atoms with Crippen LogP contribution in [0.1, 0.15) is 49.4 Å². The molecule has 0 saturated heterocycles. The highest BCUT2D eigenvalue weighted by atomic mass is 35.5.